The van der Waals surface area contributed by atoms with Gasteiger partial charge in [0, 0.05) is 67.0 Å². The van der Waals surface area contributed by atoms with E-state index in [1.165, 1.54) is 154 Å². The van der Waals surface area contributed by atoms with Crippen LogP contribution in [0.4, 0.5) is 68.2 Å². The zero-order valence-electron chi connectivity index (χ0n) is 69.4. The quantitative estimate of drug-likeness (QED) is 0.0705. The predicted octanol–water partition coefficient (Wildman–Crippen LogP) is 34.2. The summed E-state index contributed by atoms with van der Waals surface area (Å²) in [5.74, 6) is 1.21. The first-order valence-corrected chi connectivity index (χ1v) is 42.5. The van der Waals surface area contributed by atoms with Crippen LogP contribution >= 0.6 is 0 Å². The summed E-state index contributed by atoms with van der Waals surface area (Å²) in [6.45, 7) is 18.7. The zero-order chi connectivity index (χ0) is 81.5. The van der Waals surface area contributed by atoms with Crippen molar-refractivity contribution in [3.8, 4) is 44.5 Å². The largest absolute Gasteiger partial charge is 0.310 e. The van der Waals surface area contributed by atoms with E-state index in [1.54, 1.807) is 0 Å². The summed E-state index contributed by atoms with van der Waals surface area (Å²) in [6.07, 6.45) is 0. The smallest absolute Gasteiger partial charge is 0.0543 e. The third-order valence-corrected chi connectivity index (χ3v) is 24.2. The van der Waals surface area contributed by atoms with E-state index in [1.807, 2.05) is 0 Å². The molecule has 0 saturated carbocycles. The normalized spacial score (nSPS) is 11.6. The van der Waals surface area contributed by atoms with Crippen molar-refractivity contribution in [3.05, 3.63) is 435 Å². The van der Waals surface area contributed by atoms with E-state index in [-0.39, 0.29) is 0 Å². The monoisotopic (exact) mass is 1540 g/mol. The number of nitrogens with zero attached hydrogens (tertiary/aromatic N) is 4. The SMILES string of the molecule is CC(C)c1cc(N(c2ccccc2)c2ccc(-c3ccccc3)cc2)c2ccc3c(C(C)C)cc(N(c4ccccc4)c4ccc(-c5ccccc5)cc4)c4ccc1c2c34.CC(C)c1cc(N(c2ccccc2)c2cccc(-c3ccccc3)c2)c2ccc3c(C(C)C)cc(N(c4ccccc4)c4cccc(-c5ccccc5)c4)c4ccc1c2c34. The first-order valence-electron chi connectivity index (χ1n) is 42.5. The Kier molecular flexibility index (Phi) is 20.6. The molecule has 0 aromatic heterocycles. The number of benzene rings is 20. The summed E-state index contributed by atoms with van der Waals surface area (Å²) in [5, 5.41) is 15.5. The maximum atomic E-state index is 2.47. The summed E-state index contributed by atoms with van der Waals surface area (Å²) in [7, 11) is 0. The Morgan fingerprint density at radius 3 is 0.550 bits per heavy atom. The highest BCUT2D eigenvalue weighted by atomic mass is 15.2. The third kappa shape index (κ3) is 14.2. The Balaban J connectivity index is 0.000000159. The Morgan fingerprint density at radius 1 is 0.142 bits per heavy atom. The molecule has 0 aliphatic heterocycles. The predicted molar refractivity (Wildman–Crippen MR) is 517 cm³/mol. The Labute approximate surface area is 706 Å². The summed E-state index contributed by atoms with van der Waals surface area (Å²) in [4.78, 5) is 9.86. The van der Waals surface area contributed by atoms with Crippen LogP contribution in [0.1, 0.15) is 101 Å². The Hall–Kier alpha value is -14.3. The molecule has 4 heteroatoms. The van der Waals surface area contributed by atoms with Crippen LogP contribution in [0, 0.1) is 0 Å². The number of para-hydroxylation sites is 4. The number of hydrogen-bond acceptors (Lipinski definition) is 4. The van der Waals surface area contributed by atoms with Gasteiger partial charge in [-0.3, -0.25) is 0 Å². The molecule has 0 aliphatic carbocycles. The highest BCUT2D eigenvalue weighted by molar-refractivity contribution is 6.31. The molecule has 0 radical (unpaired) electrons. The molecule has 0 spiro atoms. The molecule has 580 valence electrons. The van der Waals surface area contributed by atoms with Gasteiger partial charge in [-0.2, -0.15) is 0 Å². The van der Waals surface area contributed by atoms with Gasteiger partial charge < -0.3 is 19.6 Å². The molecule has 0 saturated heterocycles. The lowest BCUT2D eigenvalue weighted by molar-refractivity contribution is 0.875. The number of rotatable bonds is 20. The maximum Gasteiger partial charge on any atom is 0.0543 e. The molecule has 0 unspecified atom stereocenters. The van der Waals surface area contributed by atoms with Crippen molar-refractivity contribution >= 4 is 133 Å². The van der Waals surface area contributed by atoms with Crippen molar-refractivity contribution in [2.24, 2.45) is 0 Å². The van der Waals surface area contributed by atoms with E-state index in [4.69, 9.17) is 0 Å². The van der Waals surface area contributed by atoms with E-state index in [2.05, 4.69) is 488 Å². The fourth-order valence-corrected chi connectivity index (χ4v) is 18.5. The molecular formula is C116H96N4. The molecule has 0 fully saturated rings. The van der Waals surface area contributed by atoms with Gasteiger partial charge in [0.25, 0.3) is 0 Å². The number of hydrogen-bond donors (Lipinski definition) is 0. The van der Waals surface area contributed by atoms with E-state index in [0.717, 1.165) is 45.5 Å². The first-order chi connectivity index (χ1) is 58.9. The molecule has 0 N–H and O–H groups in total. The van der Waals surface area contributed by atoms with Gasteiger partial charge in [-0.25, -0.2) is 0 Å². The summed E-state index contributed by atoms with van der Waals surface area (Å²) < 4.78 is 0. The van der Waals surface area contributed by atoms with Crippen LogP contribution in [-0.2, 0) is 0 Å². The van der Waals surface area contributed by atoms with Crippen molar-refractivity contribution in [2.75, 3.05) is 19.6 Å². The highest BCUT2D eigenvalue weighted by Crippen LogP contribution is 2.55. The minimum Gasteiger partial charge on any atom is -0.310 e. The Bertz CT molecular complexity index is 6550. The molecule has 0 bridgehead atoms. The van der Waals surface area contributed by atoms with Crippen molar-refractivity contribution in [3.63, 3.8) is 0 Å². The van der Waals surface area contributed by atoms with Crippen LogP contribution in [0.15, 0.2) is 413 Å². The second kappa shape index (κ2) is 32.6. The van der Waals surface area contributed by atoms with Gasteiger partial charge in [0.05, 0.1) is 22.7 Å². The summed E-state index contributed by atoms with van der Waals surface area (Å²) >= 11 is 0. The van der Waals surface area contributed by atoms with Crippen molar-refractivity contribution in [2.45, 2.75) is 79.1 Å². The van der Waals surface area contributed by atoms with E-state index < -0.39 is 0 Å². The average molecular weight is 1550 g/mol. The van der Waals surface area contributed by atoms with Crippen molar-refractivity contribution in [1.82, 2.24) is 0 Å². The fraction of sp³-hybridized carbons (Fsp3) is 0.103. The van der Waals surface area contributed by atoms with Crippen LogP contribution in [-0.4, -0.2) is 0 Å². The third-order valence-electron chi connectivity index (χ3n) is 24.2. The van der Waals surface area contributed by atoms with Crippen LogP contribution in [0.2, 0.25) is 0 Å². The van der Waals surface area contributed by atoms with Gasteiger partial charge >= 0.3 is 0 Å². The highest BCUT2D eigenvalue weighted by Gasteiger charge is 2.30. The maximum absolute atomic E-state index is 2.47. The van der Waals surface area contributed by atoms with Gasteiger partial charge in [-0.1, -0.05) is 347 Å². The van der Waals surface area contributed by atoms with Crippen LogP contribution < -0.4 is 19.6 Å². The lowest BCUT2D eigenvalue weighted by Gasteiger charge is -2.31. The summed E-state index contributed by atoms with van der Waals surface area (Å²) in [5.41, 5.74) is 28.8. The zero-order valence-corrected chi connectivity index (χ0v) is 69.4. The molecule has 20 aromatic carbocycles. The van der Waals surface area contributed by atoms with Gasteiger partial charge in [0.2, 0.25) is 0 Å². The minimum atomic E-state index is 0.298. The lowest BCUT2D eigenvalue weighted by atomic mass is 9.84. The van der Waals surface area contributed by atoms with E-state index in [9.17, 15) is 0 Å². The lowest BCUT2D eigenvalue weighted by Crippen LogP contribution is -2.13. The molecule has 0 heterocycles. The summed E-state index contributed by atoms with van der Waals surface area (Å²) in [6, 6.07) is 151. The molecule has 0 aliphatic rings. The first kappa shape index (κ1) is 75.7. The van der Waals surface area contributed by atoms with Gasteiger partial charge in [-0.05, 0) is 255 Å². The van der Waals surface area contributed by atoms with Crippen molar-refractivity contribution < 1.29 is 0 Å². The molecular weight excluding hydrogens is 1450 g/mol. The van der Waals surface area contributed by atoms with Crippen molar-refractivity contribution in [1.29, 1.82) is 0 Å². The van der Waals surface area contributed by atoms with E-state index >= 15 is 0 Å². The standard InChI is InChI=1S/2C58H48N2/c1-39(2)53-37-55(59(45-25-13-7-14-26-45)47-29-17-23-43(35-47)41-19-9-5-10-20-41)51-34-32-50-54(40(3)4)38-56(52-33-31-49(53)57(51)58(50)52)60(46-27-15-8-16-28-46)48-30-18-24-44(36-48)42-21-11-6-12-22-42;1-39(2)53-37-55(59(45-21-13-7-14-22-45)47-29-25-43(26-30-47)41-17-9-5-10-18-41)51-36-34-50-54(40(3)4)38-56(52-35-33-49(53)57(51)58(50)52)60(46-23-15-8-16-24-46)48-31-27-44(28-32-48)42-19-11-6-12-20-42/h2*5-40H,1-4H3. The molecule has 0 atom stereocenters. The minimum absolute atomic E-state index is 0.298. The van der Waals surface area contributed by atoms with Crippen LogP contribution in [0.3, 0.4) is 0 Å². The van der Waals surface area contributed by atoms with Crippen LogP contribution in [0.25, 0.3) is 109 Å². The van der Waals surface area contributed by atoms with Crippen LogP contribution in [0.5, 0.6) is 0 Å². The van der Waals surface area contributed by atoms with E-state index in [0.29, 0.717) is 23.7 Å². The van der Waals surface area contributed by atoms with Gasteiger partial charge in [0.1, 0.15) is 0 Å². The molecule has 120 heavy (non-hydrogen) atoms. The number of anilines is 12. The topological polar surface area (TPSA) is 13.0 Å². The second-order valence-electron chi connectivity index (χ2n) is 33.0. The molecule has 0 amide bonds. The fourth-order valence-electron chi connectivity index (χ4n) is 18.5. The second-order valence-corrected chi connectivity index (χ2v) is 33.0. The average Bonchev–Trinajstić information content (AvgIpc) is 0.710. The van der Waals surface area contributed by atoms with Gasteiger partial charge in [0.15, 0.2) is 0 Å². The molecule has 4 nitrogen and oxygen atoms in total. The van der Waals surface area contributed by atoms with Gasteiger partial charge in [-0.15, -0.1) is 0 Å². The molecule has 20 aromatic rings. The Morgan fingerprint density at radius 2 is 0.317 bits per heavy atom. The molecule has 20 rings (SSSR count).